The standard InChI is InChI=1S/C46H75NO8/c1-10-16-27-49-34-46(33-47-45(8,9)55-46)44(54-31-20-14-5)43(53-30-19-13-4)42(52-29-18-12-3)40(48)37-22-21-35(7)39(32-37)41(51-28-17-11-2)36-23-25-38(26-24-36)50-15-6/h21-26,32,41-44,47H,10-20,27-31,33-34H2,1-9H3/t41?,42-,43+,44-,46?/m0/s1. The van der Waals surface area contributed by atoms with Gasteiger partial charge in [-0.05, 0) is 94.7 Å². The van der Waals surface area contributed by atoms with Crippen LogP contribution in [0, 0.1) is 6.92 Å². The van der Waals surface area contributed by atoms with Crippen LogP contribution < -0.4 is 10.1 Å². The number of ether oxygens (including phenoxy) is 7. The summed E-state index contributed by atoms with van der Waals surface area (Å²) in [4.78, 5) is 15.2. The minimum Gasteiger partial charge on any atom is -0.494 e. The summed E-state index contributed by atoms with van der Waals surface area (Å²) in [6, 6.07) is 14.0. The van der Waals surface area contributed by atoms with E-state index >= 15 is 4.79 Å². The zero-order chi connectivity index (χ0) is 40.1. The number of rotatable bonds is 30. The van der Waals surface area contributed by atoms with E-state index < -0.39 is 29.6 Å². The Bertz CT molecular complexity index is 1350. The maximum atomic E-state index is 15.2. The maximum Gasteiger partial charge on any atom is 0.194 e. The van der Waals surface area contributed by atoms with E-state index in [0.29, 0.717) is 58.4 Å². The average Bonchev–Trinajstić information content (AvgIpc) is 3.50. The molecule has 2 unspecified atom stereocenters. The van der Waals surface area contributed by atoms with Crippen LogP contribution in [-0.2, 0) is 28.4 Å². The molecule has 1 aliphatic rings. The van der Waals surface area contributed by atoms with Gasteiger partial charge in [-0.2, -0.15) is 0 Å². The SMILES string of the molecule is CCCCOCC1([C@@H](OCCCC)[C@H](OCCCC)[C@@H](OCCCC)C(=O)c2ccc(C)c(C(OCCCC)c3ccc(OCC)cc3)c2)CNC(C)(C)O1. The number of unbranched alkanes of at least 4 members (excludes halogenated alkanes) is 5. The van der Waals surface area contributed by atoms with Gasteiger partial charge in [-0.1, -0.05) is 91.0 Å². The third-order valence-electron chi connectivity index (χ3n) is 10.2. The van der Waals surface area contributed by atoms with Gasteiger partial charge in [-0.25, -0.2) is 0 Å². The fourth-order valence-electron chi connectivity index (χ4n) is 6.88. The van der Waals surface area contributed by atoms with Gasteiger partial charge in [0.15, 0.2) is 5.78 Å². The molecule has 0 radical (unpaired) electrons. The summed E-state index contributed by atoms with van der Waals surface area (Å²) < 4.78 is 46.0. The van der Waals surface area contributed by atoms with Gasteiger partial charge < -0.3 is 33.2 Å². The summed E-state index contributed by atoms with van der Waals surface area (Å²) in [6.45, 7) is 22.8. The average molecular weight is 770 g/mol. The Hall–Kier alpha value is -2.37. The van der Waals surface area contributed by atoms with E-state index in [1.807, 2.05) is 51.1 Å². The van der Waals surface area contributed by atoms with Crippen LogP contribution in [0.4, 0.5) is 0 Å². The molecule has 1 heterocycles. The minimum absolute atomic E-state index is 0.144. The Morgan fingerprint density at radius 1 is 0.745 bits per heavy atom. The number of nitrogens with one attached hydrogen (secondary N) is 1. The van der Waals surface area contributed by atoms with Crippen molar-refractivity contribution < 1.29 is 38.0 Å². The second-order valence-corrected chi connectivity index (χ2v) is 15.5. The molecule has 5 atom stereocenters. The van der Waals surface area contributed by atoms with E-state index in [4.69, 9.17) is 33.2 Å². The highest BCUT2D eigenvalue weighted by molar-refractivity contribution is 6.00. The van der Waals surface area contributed by atoms with E-state index in [0.717, 1.165) is 86.6 Å². The number of carbonyl (C=O) groups is 1. The van der Waals surface area contributed by atoms with Crippen LogP contribution in [0.15, 0.2) is 42.5 Å². The van der Waals surface area contributed by atoms with Gasteiger partial charge in [0.2, 0.25) is 0 Å². The van der Waals surface area contributed by atoms with Gasteiger partial charge in [-0.3, -0.25) is 10.1 Å². The highest BCUT2D eigenvalue weighted by Gasteiger charge is 2.56. The number of hydrogen-bond acceptors (Lipinski definition) is 9. The molecular weight excluding hydrogens is 695 g/mol. The van der Waals surface area contributed by atoms with Crippen molar-refractivity contribution in [3.8, 4) is 5.75 Å². The molecule has 2 aromatic carbocycles. The van der Waals surface area contributed by atoms with E-state index in [1.54, 1.807) is 0 Å². The monoisotopic (exact) mass is 770 g/mol. The second-order valence-electron chi connectivity index (χ2n) is 15.5. The number of Topliss-reactive ketones (excluding diaryl/α,β-unsaturated/α-hetero) is 1. The predicted octanol–water partition coefficient (Wildman–Crippen LogP) is 9.95. The molecule has 0 amide bonds. The molecule has 9 nitrogen and oxygen atoms in total. The van der Waals surface area contributed by atoms with E-state index in [9.17, 15) is 0 Å². The van der Waals surface area contributed by atoms with Gasteiger partial charge in [0.25, 0.3) is 0 Å². The van der Waals surface area contributed by atoms with Crippen LogP contribution in [0.25, 0.3) is 0 Å². The fraction of sp³-hybridized carbons (Fsp3) is 0.717. The van der Waals surface area contributed by atoms with Crippen molar-refractivity contribution in [3.63, 3.8) is 0 Å². The van der Waals surface area contributed by atoms with Crippen LogP contribution in [0.3, 0.4) is 0 Å². The van der Waals surface area contributed by atoms with Crippen LogP contribution in [0.5, 0.6) is 5.75 Å². The molecule has 0 spiro atoms. The molecule has 312 valence electrons. The molecular formula is C46H75NO8. The smallest absolute Gasteiger partial charge is 0.194 e. The van der Waals surface area contributed by atoms with Crippen LogP contribution in [-0.4, -0.2) is 88.2 Å². The van der Waals surface area contributed by atoms with Gasteiger partial charge in [0.1, 0.15) is 41.5 Å². The van der Waals surface area contributed by atoms with E-state index in [2.05, 4.69) is 59.0 Å². The lowest BCUT2D eigenvalue weighted by atomic mass is 9.86. The van der Waals surface area contributed by atoms with Gasteiger partial charge in [0, 0.05) is 45.1 Å². The van der Waals surface area contributed by atoms with Crippen molar-refractivity contribution in [3.05, 3.63) is 64.7 Å². The first-order chi connectivity index (χ1) is 26.6. The van der Waals surface area contributed by atoms with Crippen molar-refractivity contribution in [2.75, 3.05) is 52.8 Å². The fourth-order valence-corrected chi connectivity index (χ4v) is 6.88. The van der Waals surface area contributed by atoms with Crippen LogP contribution in [0.2, 0.25) is 0 Å². The zero-order valence-electron chi connectivity index (χ0n) is 35.8. The third-order valence-corrected chi connectivity index (χ3v) is 10.2. The lowest BCUT2D eigenvalue weighted by Gasteiger charge is -2.43. The molecule has 2 aromatic rings. The number of hydrogen-bond donors (Lipinski definition) is 1. The molecule has 0 bridgehead atoms. The second kappa shape index (κ2) is 25.1. The summed E-state index contributed by atoms with van der Waals surface area (Å²) >= 11 is 0. The Labute approximate surface area is 333 Å². The number of benzene rings is 2. The third kappa shape index (κ3) is 14.5. The highest BCUT2D eigenvalue weighted by atomic mass is 16.6. The Morgan fingerprint density at radius 3 is 1.91 bits per heavy atom. The zero-order valence-corrected chi connectivity index (χ0v) is 35.8. The maximum absolute atomic E-state index is 15.2. The first-order valence-corrected chi connectivity index (χ1v) is 21.5. The summed E-state index contributed by atoms with van der Waals surface area (Å²) in [5, 5.41) is 3.56. The molecule has 0 aliphatic carbocycles. The quantitative estimate of drug-likeness (QED) is 0.0616. The van der Waals surface area contributed by atoms with Crippen molar-refractivity contribution in [2.24, 2.45) is 0 Å². The summed E-state index contributed by atoms with van der Waals surface area (Å²) in [5.41, 5.74) is 2.00. The molecule has 1 fully saturated rings. The first kappa shape index (κ1) is 47.0. The summed E-state index contributed by atoms with van der Waals surface area (Å²) in [6.07, 6.45) is 6.58. The molecule has 9 heteroatoms. The number of ketones is 1. The minimum atomic E-state index is -0.949. The topological polar surface area (TPSA) is 93.7 Å². The van der Waals surface area contributed by atoms with Gasteiger partial charge in [0.05, 0.1) is 13.2 Å². The van der Waals surface area contributed by atoms with Crippen LogP contribution >= 0.6 is 0 Å². The van der Waals surface area contributed by atoms with E-state index in [-0.39, 0.29) is 11.9 Å². The predicted molar refractivity (Wildman–Crippen MR) is 221 cm³/mol. The van der Waals surface area contributed by atoms with Crippen molar-refractivity contribution in [1.82, 2.24) is 5.32 Å². The molecule has 55 heavy (non-hydrogen) atoms. The van der Waals surface area contributed by atoms with E-state index in [1.165, 1.54) is 0 Å². The Kier molecular flexibility index (Phi) is 21.4. The molecule has 0 saturated carbocycles. The normalized spacial score (nSPS) is 18.9. The molecule has 1 aliphatic heterocycles. The van der Waals surface area contributed by atoms with Crippen molar-refractivity contribution >= 4 is 5.78 Å². The van der Waals surface area contributed by atoms with Crippen molar-refractivity contribution in [1.29, 1.82) is 0 Å². The molecule has 1 N–H and O–H groups in total. The summed E-state index contributed by atoms with van der Waals surface area (Å²) in [5.74, 6) is 0.670. The van der Waals surface area contributed by atoms with Gasteiger partial charge in [-0.15, -0.1) is 0 Å². The Balaban J connectivity index is 2.16. The summed E-state index contributed by atoms with van der Waals surface area (Å²) in [7, 11) is 0. The Morgan fingerprint density at radius 2 is 1.33 bits per heavy atom. The van der Waals surface area contributed by atoms with Crippen molar-refractivity contribution in [2.45, 2.75) is 162 Å². The first-order valence-electron chi connectivity index (χ1n) is 21.5. The highest BCUT2D eigenvalue weighted by Crippen LogP contribution is 2.37. The molecule has 3 rings (SSSR count). The molecule has 1 saturated heterocycles. The van der Waals surface area contributed by atoms with Gasteiger partial charge >= 0.3 is 0 Å². The lowest BCUT2D eigenvalue weighted by molar-refractivity contribution is -0.229. The van der Waals surface area contributed by atoms with Crippen LogP contribution in [0.1, 0.15) is 153 Å². The number of aryl methyl sites for hydroxylation is 1. The lowest BCUT2D eigenvalue weighted by Crippen LogP contribution is -2.61. The largest absolute Gasteiger partial charge is 0.494 e. The molecule has 0 aromatic heterocycles. The number of carbonyl (C=O) groups excluding carboxylic acids is 1.